The summed E-state index contributed by atoms with van der Waals surface area (Å²) in [5.74, 6) is -1.70. The fourth-order valence-electron chi connectivity index (χ4n) is 3.87. The van der Waals surface area contributed by atoms with E-state index in [4.69, 9.17) is 10.2 Å². The van der Waals surface area contributed by atoms with Crippen LogP contribution in [0.4, 0.5) is 27.6 Å². The number of amides is 2. The standard InChI is InChI=1S/C22H16F5N5O3S/c23-19(24)11-6-10(13-2-1-5-35-13)16-17(18(20(28)34)36-21(16)29-11)30-15(33)8-32-12(9-3-4-9)7-14(31-32)22(25,26)27/h1-2,5-7,9,19H,3-4,8H2,(H2,28,34)(H,30,33). The first-order valence-electron chi connectivity index (χ1n) is 10.6. The number of nitrogens with one attached hydrogen (secondary N) is 1. The van der Waals surface area contributed by atoms with Gasteiger partial charge in [0, 0.05) is 22.6 Å². The van der Waals surface area contributed by atoms with Gasteiger partial charge in [-0.15, -0.1) is 11.3 Å². The van der Waals surface area contributed by atoms with E-state index in [1.54, 1.807) is 0 Å². The normalized spacial score (nSPS) is 14.1. The molecule has 0 spiro atoms. The second-order valence-corrected chi connectivity index (χ2v) is 9.15. The highest BCUT2D eigenvalue weighted by atomic mass is 32.1. The molecule has 14 heteroatoms. The summed E-state index contributed by atoms with van der Waals surface area (Å²) in [6, 6.07) is 5.03. The SMILES string of the molecule is NC(=O)c1sc2nc(C(F)F)cc(-c3ccco3)c2c1NC(=O)Cn1nc(C(F)(F)F)cc1C1CC1. The van der Waals surface area contributed by atoms with E-state index >= 15 is 0 Å². The van der Waals surface area contributed by atoms with Gasteiger partial charge >= 0.3 is 6.18 Å². The molecule has 1 aliphatic rings. The lowest BCUT2D eigenvalue weighted by atomic mass is 10.1. The minimum absolute atomic E-state index is 0.000385. The molecular weight excluding hydrogens is 509 g/mol. The van der Waals surface area contributed by atoms with Gasteiger partial charge in [0.25, 0.3) is 12.3 Å². The second-order valence-electron chi connectivity index (χ2n) is 8.16. The molecule has 4 aromatic rings. The summed E-state index contributed by atoms with van der Waals surface area (Å²) in [5.41, 5.74) is 4.11. The highest BCUT2D eigenvalue weighted by Crippen LogP contribution is 2.44. The number of furan rings is 1. The summed E-state index contributed by atoms with van der Waals surface area (Å²) in [6.07, 6.45) is -4.94. The van der Waals surface area contributed by atoms with Gasteiger partial charge in [0.2, 0.25) is 5.91 Å². The van der Waals surface area contributed by atoms with Gasteiger partial charge in [-0.2, -0.15) is 18.3 Å². The number of nitrogens with two attached hydrogens (primary N) is 1. The van der Waals surface area contributed by atoms with Gasteiger partial charge in [-0.25, -0.2) is 13.8 Å². The van der Waals surface area contributed by atoms with E-state index in [0.717, 1.165) is 16.8 Å². The highest BCUT2D eigenvalue weighted by molar-refractivity contribution is 7.21. The van der Waals surface area contributed by atoms with Crippen LogP contribution >= 0.6 is 11.3 Å². The van der Waals surface area contributed by atoms with Crippen molar-refractivity contribution in [1.82, 2.24) is 14.8 Å². The molecule has 4 aromatic heterocycles. The average Bonchev–Trinajstić information content (AvgIpc) is 3.20. The number of hydrogen-bond acceptors (Lipinski definition) is 6. The lowest BCUT2D eigenvalue weighted by molar-refractivity contribution is -0.141. The molecule has 4 heterocycles. The summed E-state index contributed by atoms with van der Waals surface area (Å²) < 4.78 is 72.9. The molecule has 188 valence electrons. The molecule has 8 nitrogen and oxygen atoms in total. The molecule has 0 atom stereocenters. The van der Waals surface area contributed by atoms with Crippen molar-refractivity contribution in [2.75, 3.05) is 5.32 Å². The highest BCUT2D eigenvalue weighted by Gasteiger charge is 2.38. The maximum atomic E-state index is 13.5. The number of nitrogens with zero attached hydrogens (tertiary/aromatic N) is 3. The van der Waals surface area contributed by atoms with Gasteiger partial charge in [0.15, 0.2) is 5.69 Å². The molecule has 1 fully saturated rings. The number of hydrogen-bond donors (Lipinski definition) is 2. The number of aromatic nitrogens is 3. The molecule has 0 radical (unpaired) electrons. The van der Waals surface area contributed by atoms with Crippen molar-refractivity contribution in [1.29, 1.82) is 0 Å². The van der Waals surface area contributed by atoms with Gasteiger partial charge in [0.05, 0.1) is 12.0 Å². The van der Waals surface area contributed by atoms with E-state index in [1.165, 1.54) is 18.4 Å². The Morgan fingerprint density at radius 3 is 2.61 bits per heavy atom. The Morgan fingerprint density at radius 1 is 1.28 bits per heavy atom. The van der Waals surface area contributed by atoms with Crippen LogP contribution < -0.4 is 11.1 Å². The van der Waals surface area contributed by atoms with E-state index < -0.39 is 42.3 Å². The Labute approximate surface area is 202 Å². The monoisotopic (exact) mass is 525 g/mol. The van der Waals surface area contributed by atoms with Crippen LogP contribution in [0.25, 0.3) is 21.5 Å². The molecule has 2 amide bonds. The van der Waals surface area contributed by atoms with Crippen molar-refractivity contribution in [2.24, 2.45) is 5.73 Å². The first-order valence-corrected chi connectivity index (χ1v) is 11.4. The first kappa shape index (κ1) is 23.9. The Bertz CT molecular complexity index is 1470. The van der Waals surface area contributed by atoms with E-state index in [0.29, 0.717) is 24.2 Å². The van der Waals surface area contributed by atoms with Crippen molar-refractivity contribution in [3.8, 4) is 11.3 Å². The fraction of sp³-hybridized carbons (Fsp3) is 0.273. The third kappa shape index (κ3) is 4.43. The molecule has 1 aliphatic carbocycles. The molecule has 5 rings (SSSR count). The predicted octanol–water partition coefficient (Wildman–Crippen LogP) is 5.32. The summed E-state index contributed by atoms with van der Waals surface area (Å²) >= 11 is 0.702. The van der Waals surface area contributed by atoms with E-state index in [9.17, 15) is 31.5 Å². The quantitative estimate of drug-likeness (QED) is 0.317. The van der Waals surface area contributed by atoms with Crippen LogP contribution in [0.2, 0.25) is 0 Å². The Hall–Kier alpha value is -3.81. The molecule has 0 aliphatic heterocycles. The Morgan fingerprint density at radius 2 is 2.03 bits per heavy atom. The van der Waals surface area contributed by atoms with E-state index in [-0.39, 0.29) is 43.7 Å². The van der Waals surface area contributed by atoms with Crippen LogP contribution in [-0.2, 0) is 17.5 Å². The lowest BCUT2D eigenvalue weighted by Gasteiger charge is -2.11. The first-order chi connectivity index (χ1) is 17.0. The molecule has 1 saturated carbocycles. The smallest absolute Gasteiger partial charge is 0.435 e. The topological polar surface area (TPSA) is 116 Å². The van der Waals surface area contributed by atoms with E-state index in [2.05, 4.69) is 15.4 Å². The molecule has 0 bridgehead atoms. The number of carbonyl (C=O) groups is 2. The third-order valence-electron chi connectivity index (χ3n) is 5.57. The van der Waals surface area contributed by atoms with Crippen molar-refractivity contribution >= 4 is 39.1 Å². The lowest BCUT2D eigenvalue weighted by Crippen LogP contribution is -2.23. The zero-order valence-corrected chi connectivity index (χ0v) is 18.9. The molecule has 0 aromatic carbocycles. The predicted molar refractivity (Wildman–Crippen MR) is 119 cm³/mol. The van der Waals surface area contributed by atoms with Crippen molar-refractivity contribution < 1.29 is 36.0 Å². The number of pyridine rings is 1. The van der Waals surface area contributed by atoms with Crippen LogP contribution in [0, 0.1) is 0 Å². The number of primary amides is 1. The van der Waals surface area contributed by atoms with E-state index in [1.807, 2.05) is 0 Å². The molecular formula is C22H16F5N5O3S. The van der Waals surface area contributed by atoms with Crippen molar-refractivity contribution in [2.45, 2.75) is 37.9 Å². The number of thiophene rings is 1. The van der Waals surface area contributed by atoms with Crippen molar-refractivity contribution in [3.05, 3.63) is 52.5 Å². The fourth-order valence-corrected chi connectivity index (χ4v) is 4.88. The van der Waals surface area contributed by atoms with Crippen LogP contribution in [0.1, 0.15) is 51.9 Å². The zero-order chi connectivity index (χ0) is 25.8. The molecule has 3 N–H and O–H groups in total. The second kappa shape index (κ2) is 8.69. The summed E-state index contributed by atoms with van der Waals surface area (Å²) in [5, 5.41) is 6.20. The third-order valence-corrected chi connectivity index (χ3v) is 6.67. The number of halogens is 5. The van der Waals surface area contributed by atoms with Crippen LogP contribution in [0.3, 0.4) is 0 Å². The van der Waals surface area contributed by atoms with Gasteiger partial charge in [0.1, 0.15) is 27.7 Å². The van der Waals surface area contributed by atoms with Crippen LogP contribution in [0.15, 0.2) is 34.9 Å². The molecule has 36 heavy (non-hydrogen) atoms. The van der Waals surface area contributed by atoms with Gasteiger partial charge < -0.3 is 15.5 Å². The minimum atomic E-state index is -4.68. The van der Waals surface area contributed by atoms with Gasteiger partial charge in [-0.3, -0.25) is 14.3 Å². The van der Waals surface area contributed by atoms with Crippen LogP contribution in [-0.4, -0.2) is 26.6 Å². The number of rotatable bonds is 7. The summed E-state index contributed by atoms with van der Waals surface area (Å²) in [7, 11) is 0. The summed E-state index contributed by atoms with van der Waals surface area (Å²) in [6.45, 7) is -0.573. The van der Waals surface area contributed by atoms with Crippen molar-refractivity contribution in [3.63, 3.8) is 0 Å². The van der Waals surface area contributed by atoms with Crippen LogP contribution in [0.5, 0.6) is 0 Å². The number of alkyl halides is 5. The Kier molecular flexibility index (Phi) is 5.77. The van der Waals surface area contributed by atoms with Gasteiger partial charge in [-0.05, 0) is 37.1 Å². The number of anilines is 1. The molecule has 0 unspecified atom stereocenters. The summed E-state index contributed by atoms with van der Waals surface area (Å²) in [4.78, 5) is 28.9. The average molecular weight is 525 g/mol. The van der Waals surface area contributed by atoms with Gasteiger partial charge in [-0.1, -0.05) is 0 Å². The number of carbonyl (C=O) groups excluding carboxylic acids is 2. The number of fused-ring (bicyclic) bond motifs is 1. The largest absolute Gasteiger partial charge is 0.464 e. The zero-order valence-electron chi connectivity index (χ0n) is 18.1. The minimum Gasteiger partial charge on any atom is -0.464 e. The Balaban J connectivity index is 1.56. The maximum absolute atomic E-state index is 13.5. The maximum Gasteiger partial charge on any atom is 0.435 e. The molecule has 0 saturated heterocycles.